The molecule has 0 aliphatic carbocycles. The van der Waals surface area contributed by atoms with Crippen molar-refractivity contribution in [3.8, 4) is 11.5 Å². The number of amides is 1. The van der Waals surface area contributed by atoms with Crippen LogP contribution < -0.4 is 10.2 Å². The zero-order valence-corrected chi connectivity index (χ0v) is 19.5. The van der Waals surface area contributed by atoms with Crippen molar-refractivity contribution in [3.63, 3.8) is 0 Å². The predicted molar refractivity (Wildman–Crippen MR) is 135 cm³/mol. The number of carbonyl (C=O) groups is 1. The lowest BCUT2D eigenvalue weighted by molar-refractivity contribution is 0.0953. The van der Waals surface area contributed by atoms with Gasteiger partial charge in [-0.1, -0.05) is 48.5 Å². The first-order valence-electron chi connectivity index (χ1n) is 11.9. The van der Waals surface area contributed by atoms with Crippen molar-refractivity contribution in [2.45, 2.75) is 32.7 Å². The second-order valence-corrected chi connectivity index (χ2v) is 8.74. The molecular weight excluding hydrogens is 422 g/mol. The van der Waals surface area contributed by atoms with Crippen LogP contribution in [0.4, 0.5) is 5.69 Å². The normalized spacial score (nSPS) is 12.6. The number of aromatic nitrogens is 1. The fraction of sp³-hybridized carbons (Fsp3) is 0.241. The molecule has 3 aromatic carbocycles. The van der Waals surface area contributed by atoms with E-state index in [4.69, 9.17) is 9.40 Å². The number of carbonyl (C=O) groups excluding carboxylic acids is 1. The molecule has 0 spiro atoms. The van der Waals surface area contributed by atoms with E-state index in [2.05, 4.69) is 46.6 Å². The summed E-state index contributed by atoms with van der Waals surface area (Å²) in [6.07, 6.45) is 2.93. The second kappa shape index (κ2) is 9.96. The Kier molecular flexibility index (Phi) is 6.43. The number of para-hydroxylation sites is 1. The number of hydrogen-bond donors (Lipinski definition) is 1. The number of oxazole rings is 1. The molecule has 2 heterocycles. The van der Waals surface area contributed by atoms with Gasteiger partial charge in [0.1, 0.15) is 11.5 Å². The van der Waals surface area contributed by atoms with Crippen molar-refractivity contribution in [1.29, 1.82) is 0 Å². The van der Waals surface area contributed by atoms with Crippen LogP contribution in [0.15, 0.2) is 83.3 Å². The number of anilines is 1. The molecule has 1 aliphatic heterocycles. The van der Waals surface area contributed by atoms with Gasteiger partial charge in [-0.2, -0.15) is 0 Å². The number of benzene rings is 3. The molecule has 1 aromatic heterocycles. The molecular formula is C29H29N3O2. The third-order valence-corrected chi connectivity index (χ3v) is 6.38. The summed E-state index contributed by atoms with van der Waals surface area (Å²) in [6, 6.07) is 26.3. The summed E-state index contributed by atoms with van der Waals surface area (Å²) in [7, 11) is 0. The molecule has 0 bridgehead atoms. The molecule has 5 heteroatoms. The van der Waals surface area contributed by atoms with Crippen molar-refractivity contribution < 1.29 is 9.21 Å². The van der Waals surface area contributed by atoms with E-state index in [9.17, 15) is 4.79 Å². The highest BCUT2D eigenvalue weighted by molar-refractivity contribution is 5.94. The minimum absolute atomic E-state index is 0.0587. The van der Waals surface area contributed by atoms with Gasteiger partial charge in [0.15, 0.2) is 0 Å². The zero-order valence-electron chi connectivity index (χ0n) is 19.5. The fourth-order valence-electron chi connectivity index (χ4n) is 4.46. The molecule has 4 aromatic rings. The quantitative estimate of drug-likeness (QED) is 0.356. The number of nitrogens with one attached hydrogen (secondary N) is 1. The molecule has 0 saturated heterocycles. The summed E-state index contributed by atoms with van der Waals surface area (Å²) in [5, 5.41) is 3.01. The Morgan fingerprint density at radius 1 is 1.00 bits per heavy atom. The van der Waals surface area contributed by atoms with E-state index in [1.165, 1.54) is 16.8 Å². The average molecular weight is 452 g/mol. The maximum Gasteiger partial charge on any atom is 0.251 e. The van der Waals surface area contributed by atoms with E-state index in [1.807, 2.05) is 49.4 Å². The minimum atomic E-state index is -0.0587. The highest BCUT2D eigenvalue weighted by atomic mass is 16.4. The van der Waals surface area contributed by atoms with Gasteiger partial charge in [0, 0.05) is 29.9 Å². The van der Waals surface area contributed by atoms with Gasteiger partial charge in [-0.3, -0.25) is 4.79 Å². The van der Waals surface area contributed by atoms with Crippen LogP contribution in [0, 0.1) is 6.92 Å². The Bertz CT molecular complexity index is 1260. The maximum absolute atomic E-state index is 12.5. The van der Waals surface area contributed by atoms with E-state index < -0.39 is 0 Å². The van der Waals surface area contributed by atoms with Crippen LogP contribution >= 0.6 is 0 Å². The number of aryl methyl sites for hydroxylation is 2. The van der Waals surface area contributed by atoms with Crippen molar-refractivity contribution in [1.82, 2.24) is 10.3 Å². The monoisotopic (exact) mass is 451 g/mol. The molecule has 1 amide bonds. The third-order valence-electron chi connectivity index (χ3n) is 6.38. The zero-order chi connectivity index (χ0) is 23.3. The first-order valence-corrected chi connectivity index (χ1v) is 11.9. The van der Waals surface area contributed by atoms with Crippen LogP contribution in [-0.4, -0.2) is 24.0 Å². The van der Waals surface area contributed by atoms with E-state index in [-0.39, 0.29) is 5.91 Å². The SMILES string of the molecule is Cc1oc(-c2ccc(C(=O)NCCCc3ccccc3)cc2)nc1CN1CCc2ccccc21. The Morgan fingerprint density at radius 3 is 2.59 bits per heavy atom. The third kappa shape index (κ3) is 4.88. The summed E-state index contributed by atoms with van der Waals surface area (Å²) in [6.45, 7) is 4.34. The average Bonchev–Trinajstić information content (AvgIpc) is 3.46. The summed E-state index contributed by atoms with van der Waals surface area (Å²) in [4.78, 5) is 19.6. The van der Waals surface area contributed by atoms with Crippen LogP contribution in [-0.2, 0) is 19.4 Å². The molecule has 34 heavy (non-hydrogen) atoms. The molecule has 5 rings (SSSR count). The van der Waals surface area contributed by atoms with Crippen LogP contribution in [0.2, 0.25) is 0 Å². The lowest BCUT2D eigenvalue weighted by Gasteiger charge is -2.17. The Labute approximate surface area is 200 Å². The van der Waals surface area contributed by atoms with E-state index in [0.717, 1.165) is 49.4 Å². The number of nitrogens with zero attached hydrogens (tertiary/aromatic N) is 2. The van der Waals surface area contributed by atoms with Crippen LogP contribution in [0.1, 0.15) is 39.4 Å². The Hall–Kier alpha value is -3.86. The molecule has 0 radical (unpaired) electrons. The second-order valence-electron chi connectivity index (χ2n) is 8.74. The Morgan fingerprint density at radius 2 is 1.76 bits per heavy atom. The highest BCUT2D eigenvalue weighted by Gasteiger charge is 2.21. The van der Waals surface area contributed by atoms with Gasteiger partial charge in [0.25, 0.3) is 5.91 Å². The van der Waals surface area contributed by atoms with Gasteiger partial charge >= 0.3 is 0 Å². The molecule has 5 nitrogen and oxygen atoms in total. The van der Waals surface area contributed by atoms with Crippen LogP contribution in [0.3, 0.4) is 0 Å². The first-order chi connectivity index (χ1) is 16.7. The van der Waals surface area contributed by atoms with Crippen LogP contribution in [0.25, 0.3) is 11.5 Å². The van der Waals surface area contributed by atoms with Gasteiger partial charge in [-0.25, -0.2) is 4.98 Å². The highest BCUT2D eigenvalue weighted by Crippen LogP contribution is 2.30. The molecule has 0 atom stereocenters. The molecule has 1 aliphatic rings. The molecule has 0 saturated carbocycles. The predicted octanol–water partition coefficient (Wildman–Crippen LogP) is 5.58. The van der Waals surface area contributed by atoms with Gasteiger partial charge in [-0.05, 0) is 67.6 Å². The number of rotatable bonds is 8. The molecule has 0 unspecified atom stereocenters. The van der Waals surface area contributed by atoms with Crippen LogP contribution in [0.5, 0.6) is 0 Å². The summed E-state index contributed by atoms with van der Waals surface area (Å²) >= 11 is 0. The fourth-order valence-corrected chi connectivity index (χ4v) is 4.46. The largest absolute Gasteiger partial charge is 0.441 e. The van der Waals surface area contributed by atoms with Crippen molar-refractivity contribution in [3.05, 3.63) is 107 Å². The van der Waals surface area contributed by atoms with Gasteiger partial charge in [-0.15, -0.1) is 0 Å². The van der Waals surface area contributed by atoms with Crippen molar-refractivity contribution in [2.24, 2.45) is 0 Å². The van der Waals surface area contributed by atoms with Crippen molar-refractivity contribution >= 4 is 11.6 Å². The molecule has 1 N–H and O–H groups in total. The van der Waals surface area contributed by atoms with Gasteiger partial charge in [0.2, 0.25) is 5.89 Å². The lowest BCUT2D eigenvalue weighted by atomic mass is 10.1. The summed E-state index contributed by atoms with van der Waals surface area (Å²) < 4.78 is 5.98. The van der Waals surface area contributed by atoms with Gasteiger partial charge < -0.3 is 14.6 Å². The van der Waals surface area contributed by atoms with E-state index in [0.29, 0.717) is 18.0 Å². The standard InChI is InChI=1S/C29H29N3O2/c1-21-26(20-32-19-17-23-11-5-6-12-27(23)32)31-29(34-21)25-15-13-24(14-16-25)28(33)30-18-7-10-22-8-3-2-4-9-22/h2-6,8-9,11-16H,7,10,17-20H2,1H3,(H,30,33). The summed E-state index contributed by atoms with van der Waals surface area (Å²) in [5.74, 6) is 1.37. The maximum atomic E-state index is 12.5. The molecule has 172 valence electrons. The number of fused-ring (bicyclic) bond motifs is 1. The number of hydrogen-bond acceptors (Lipinski definition) is 4. The smallest absolute Gasteiger partial charge is 0.251 e. The van der Waals surface area contributed by atoms with E-state index >= 15 is 0 Å². The molecule has 0 fully saturated rings. The topological polar surface area (TPSA) is 58.4 Å². The summed E-state index contributed by atoms with van der Waals surface area (Å²) in [5.41, 5.74) is 6.42. The van der Waals surface area contributed by atoms with Gasteiger partial charge in [0.05, 0.1) is 6.54 Å². The van der Waals surface area contributed by atoms with E-state index in [1.54, 1.807) is 0 Å². The minimum Gasteiger partial charge on any atom is -0.441 e. The lowest BCUT2D eigenvalue weighted by Crippen LogP contribution is -2.24. The first kappa shape index (κ1) is 22.0. The Balaban J connectivity index is 1.18. The van der Waals surface area contributed by atoms with Crippen molar-refractivity contribution in [2.75, 3.05) is 18.0 Å².